The normalized spacial score (nSPS) is 17.8. The highest BCUT2D eigenvalue weighted by molar-refractivity contribution is 7.15. The lowest BCUT2D eigenvalue weighted by Gasteiger charge is -2.29. The van der Waals surface area contributed by atoms with Gasteiger partial charge in [0.15, 0.2) is 11.6 Å². The van der Waals surface area contributed by atoms with Crippen molar-refractivity contribution in [3.05, 3.63) is 97.4 Å². The van der Waals surface area contributed by atoms with E-state index < -0.39 is 18.0 Å². The summed E-state index contributed by atoms with van der Waals surface area (Å²) in [5.74, 6) is 0.00973. The molecule has 2 aromatic heterocycles. The van der Waals surface area contributed by atoms with Gasteiger partial charge in [-0.25, -0.2) is 0 Å². The Bertz CT molecular complexity index is 2170. The number of nitrogens with one attached hydrogen (secondary N) is 2. The molecule has 14 heteroatoms. The Hall–Kier alpha value is -5.01. The summed E-state index contributed by atoms with van der Waals surface area (Å²) in [6, 6.07) is 11.9. The van der Waals surface area contributed by atoms with Gasteiger partial charge in [0, 0.05) is 46.0 Å². The van der Waals surface area contributed by atoms with E-state index in [0.717, 1.165) is 62.7 Å². The average Bonchev–Trinajstić information content (AvgIpc) is 3.75. The van der Waals surface area contributed by atoms with Crippen LogP contribution < -0.4 is 10.6 Å². The molecule has 3 aliphatic heterocycles. The van der Waals surface area contributed by atoms with Crippen molar-refractivity contribution < 1.29 is 24.0 Å². The van der Waals surface area contributed by atoms with Gasteiger partial charge in [0.05, 0.1) is 18.7 Å². The molecule has 1 fully saturated rings. The minimum absolute atomic E-state index is 0.000343. The predicted molar refractivity (Wildman–Crippen MR) is 201 cm³/mol. The van der Waals surface area contributed by atoms with Crippen LogP contribution in [0.2, 0.25) is 5.02 Å². The molecule has 3 aliphatic rings. The Morgan fingerprint density at radius 1 is 1.02 bits per heavy atom. The van der Waals surface area contributed by atoms with Crippen LogP contribution in [0.25, 0.3) is 5.00 Å². The van der Waals surface area contributed by atoms with Crippen LogP contribution in [0.4, 0.5) is 0 Å². The third-order valence-corrected chi connectivity index (χ3v) is 11.7. The van der Waals surface area contributed by atoms with Gasteiger partial charge >= 0.3 is 0 Å². The fraction of sp³-hybridized carbons (Fsp3) is 0.385. The van der Waals surface area contributed by atoms with Crippen molar-refractivity contribution in [3.8, 4) is 5.00 Å². The van der Waals surface area contributed by atoms with Crippen molar-refractivity contribution >= 4 is 58.1 Å². The zero-order valence-electron chi connectivity index (χ0n) is 29.8. The van der Waals surface area contributed by atoms with E-state index in [1.165, 1.54) is 0 Å². The number of aromatic nitrogens is 3. The van der Waals surface area contributed by atoms with Crippen LogP contribution in [0.3, 0.4) is 0 Å². The highest BCUT2D eigenvalue weighted by Crippen LogP contribution is 2.39. The first kappa shape index (κ1) is 36.4. The number of aliphatic imine (C=N–C) groups is 1. The van der Waals surface area contributed by atoms with Crippen LogP contribution in [0.1, 0.15) is 106 Å². The molecule has 2 aromatic carbocycles. The molecule has 0 saturated carbocycles. The minimum Gasteiger partial charge on any atom is -0.349 e. The first-order valence-electron chi connectivity index (χ1n) is 17.9. The zero-order chi connectivity index (χ0) is 37.4. The molecule has 12 nitrogen and oxygen atoms in total. The second-order valence-electron chi connectivity index (χ2n) is 13.8. The first-order chi connectivity index (χ1) is 25.5. The molecule has 5 heterocycles. The van der Waals surface area contributed by atoms with Gasteiger partial charge in [0.1, 0.15) is 22.9 Å². The SMILES string of the molecule is Cc1sc2c(c1C)C(c1ccc(Cl)cc1)=N[C@@H](CC(=O)NCC(=O)CCCCCc1cccc3c1CN(C1CCC(=O)NC1=O)C3=O)c1nnc(C)n1-2. The molecule has 274 valence electrons. The molecule has 0 spiro atoms. The number of hydrogen-bond acceptors (Lipinski definition) is 9. The third kappa shape index (κ3) is 7.32. The van der Waals surface area contributed by atoms with Gasteiger partial charge in [0.2, 0.25) is 17.7 Å². The van der Waals surface area contributed by atoms with E-state index in [9.17, 15) is 24.0 Å². The van der Waals surface area contributed by atoms with Crippen molar-refractivity contribution in [2.75, 3.05) is 6.54 Å². The number of fused-ring (bicyclic) bond motifs is 4. The van der Waals surface area contributed by atoms with E-state index >= 15 is 0 Å². The van der Waals surface area contributed by atoms with Crippen molar-refractivity contribution in [3.63, 3.8) is 0 Å². The fourth-order valence-electron chi connectivity index (χ4n) is 7.36. The number of halogens is 1. The summed E-state index contributed by atoms with van der Waals surface area (Å²) in [6.45, 7) is 6.31. The van der Waals surface area contributed by atoms with E-state index in [1.807, 2.05) is 47.9 Å². The lowest BCUT2D eigenvalue weighted by Crippen LogP contribution is -2.52. The van der Waals surface area contributed by atoms with Gasteiger partial charge in [-0.05, 0) is 81.3 Å². The summed E-state index contributed by atoms with van der Waals surface area (Å²) in [5, 5.41) is 15.5. The number of unbranched alkanes of at least 4 members (excludes halogenated alkanes) is 2. The summed E-state index contributed by atoms with van der Waals surface area (Å²) in [5.41, 5.74) is 6.31. The predicted octanol–water partition coefficient (Wildman–Crippen LogP) is 5.44. The van der Waals surface area contributed by atoms with E-state index in [1.54, 1.807) is 22.3 Å². The summed E-state index contributed by atoms with van der Waals surface area (Å²) < 4.78 is 1.99. The number of ketones is 1. The maximum atomic E-state index is 13.3. The minimum atomic E-state index is -0.647. The third-order valence-electron chi connectivity index (χ3n) is 10.3. The van der Waals surface area contributed by atoms with Crippen molar-refractivity contribution in [1.29, 1.82) is 0 Å². The number of carbonyl (C=O) groups is 5. The largest absolute Gasteiger partial charge is 0.349 e. The monoisotopic (exact) mass is 753 g/mol. The molecule has 1 saturated heterocycles. The van der Waals surface area contributed by atoms with Crippen molar-refractivity contribution in [1.82, 2.24) is 30.3 Å². The Balaban J connectivity index is 0.928. The molecular formula is C39H40ClN7O5S. The van der Waals surface area contributed by atoms with Gasteiger partial charge in [-0.1, -0.05) is 42.3 Å². The molecule has 4 amide bonds. The number of hydrogen-bond donors (Lipinski definition) is 2. The first-order valence-corrected chi connectivity index (χ1v) is 19.1. The number of thiophene rings is 1. The quantitative estimate of drug-likeness (QED) is 0.144. The van der Waals surface area contributed by atoms with Crippen LogP contribution in [0, 0.1) is 20.8 Å². The lowest BCUT2D eigenvalue weighted by molar-refractivity contribution is -0.137. The van der Waals surface area contributed by atoms with Crippen LogP contribution in [0.5, 0.6) is 0 Å². The second kappa shape index (κ2) is 15.2. The standard InChI is InChI=1S/C39H40ClN7O5S/c1-21-22(2)53-39-34(21)35(25-12-14-26(40)15-13-25)42-30(36-45-44-23(3)47(36)39)18-33(50)41-19-27(48)10-6-4-5-8-24-9-7-11-28-29(24)20-46(38(28)52)31-16-17-32(49)43-37(31)51/h7,9,11-15,30-31H,4-6,8,10,16-20H2,1-3H3,(H,41,50)(H,43,49,51)/t30-,31?/m0/s1. The highest BCUT2D eigenvalue weighted by Gasteiger charge is 2.40. The second-order valence-corrected chi connectivity index (χ2v) is 15.5. The number of nitrogens with zero attached hydrogens (tertiary/aromatic N) is 5. The highest BCUT2D eigenvalue weighted by atomic mass is 35.5. The van der Waals surface area contributed by atoms with E-state index in [0.29, 0.717) is 48.0 Å². The smallest absolute Gasteiger partial charge is 0.255 e. The number of amides is 4. The number of rotatable bonds is 12. The van der Waals surface area contributed by atoms with E-state index in [2.05, 4.69) is 34.7 Å². The van der Waals surface area contributed by atoms with Crippen LogP contribution >= 0.6 is 22.9 Å². The summed E-state index contributed by atoms with van der Waals surface area (Å²) in [4.78, 5) is 71.1. The molecule has 1 unspecified atom stereocenters. The fourth-order valence-corrected chi connectivity index (χ4v) is 8.70. The number of benzene rings is 2. The molecule has 7 rings (SSSR count). The zero-order valence-corrected chi connectivity index (χ0v) is 31.4. The van der Waals surface area contributed by atoms with Crippen LogP contribution in [-0.2, 0) is 32.1 Å². The number of carbonyl (C=O) groups excluding carboxylic acids is 5. The Morgan fingerprint density at radius 2 is 1.81 bits per heavy atom. The van der Waals surface area contributed by atoms with Crippen molar-refractivity contribution in [2.45, 2.75) is 90.8 Å². The molecular weight excluding hydrogens is 714 g/mol. The maximum absolute atomic E-state index is 13.3. The molecule has 0 bridgehead atoms. The molecule has 2 atom stereocenters. The Morgan fingerprint density at radius 3 is 2.58 bits per heavy atom. The molecule has 53 heavy (non-hydrogen) atoms. The molecule has 2 N–H and O–H groups in total. The molecule has 0 aliphatic carbocycles. The van der Waals surface area contributed by atoms with Gasteiger partial charge in [-0.3, -0.25) is 38.8 Å². The summed E-state index contributed by atoms with van der Waals surface area (Å²) in [7, 11) is 0. The Kier molecular flexibility index (Phi) is 10.4. The van der Waals surface area contributed by atoms with Gasteiger partial charge in [-0.2, -0.15) is 0 Å². The van der Waals surface area contributed by atoms with Gasteiger partial charge in [-0.15, -0.1) is 21.5 Å². The maximum Gasteiger partial charge on any atom is 0.255 e. The van der Waals surface area contributed by atoms with E-state index in [4.69, 9.17) is 16.6 Å². The van der Waals surface area contributed by atoms with E-state index in [-0.39, 0.29) is 42.9 Å². The van der Waals surface area contributed by atoms with Gasteiger partial charge < -0.3 is 10.2 Å². The molecule has 0 radical (unpaired) electrons. The summed E-state index contributed by atoms with van der Waals surface area (Å²) in [6.07, 6.45) is 3.91. The average molecular weight is 754 g/mol. The summed E-state index contributed by atoms with van der Waals surface area (Å²) >= 11 is 7.85. The number of aryl methyl sites for hydroxylation is 3. The van der Waals surface area contributed by atoms with Gasteiger partial charge in [0.25, 0.3) is 5.91 Å². The number of piperidine rings is 1. The molecule has 4 aromatic rings. The van der Waals surface area contributed by atoms with Crippen molar-refractivity contribution in [2.24, 2.45) is 4.99 Å². The lowest BCUT2D eigenvalue weighted by atomic mass is 9.98. The number of imide groups is 1. The van der Waals surface area contributed by atoms with Crippen LogP contribution in [0.15, 0.2) is 47.5 Å². The Labute approximate surface area is 316 Å². The number of Topliss-reactive ketones (excluding diaryl/α,β-unsaturated/α-hetero) is 1. The topological polar surface area (TPSA) is 156 Å². The van der Waals surface area contributed by atoms with Crippen LogP contribution in [-0.4, -0.2) is 67.4 Å².